The summed E-state index contributed by atoms with van der Waals surface area (Å²) >= 11 is 0. The highest BCUT2D eigenvalue weighted by molar-refractivity contribution is 5.91. The highest BCUT2D eigenvalue weighted by Gasteiger charge is 2.21. The molecule has 31 heavy (non-hydrogen) atoms. The van der Waals surface area contributed by atoms with Gasteiger partial charge in [0.25, 0.3) is 0 Å². The van der Waals surface area contributed by atoms with Crippen molar-refractivity contribution in [1.82, 2.24) is 24.7 Å². The molecule has 4 heterocycles. The third kappa shape index (κ3) is 3.69. The van der Waals surface area contributed by atoms with Crippen LogP contribution in [0.15, 0.2) is 42.9 Å². The molecule has 0 amide bonds. The van der Waals surface area contributed by atoms with Crippen LogP contribution in [0.3, 0.4) is 0 Å². The minimum absolute atomic E-state index is 0.0478. The number of benzene rings is 1. The maximum atomic E-state index is 5.79. The van der Waals surface area contributed by atoms with Crippen LogP contribution in [0.1, 0.15) is 32.4 Å². The van der Waals surface area contributed by atoms with E-state index >= 15 is 0 Å². The lowest BCUT2D eigenvalue weighted by Crippen LogP contribution is -2.19. The van der Waals surface area contributed by atoms with Gasteiger partial charge in [0.05, 0.1) is 17.1 Å². The highest BCUT2D eigenvalue weighted by Crippen LogP contribution is 2.36. The van der Waals surface area contributed by atoms with Gasteiger partial charge in [0.2, 0.25) is 0 Å². The van der Waals surface area contributed by atoms with Crippen LogP contribution in [-0.2, 0) is 6.54 Å². The largest absolute Gasteiger partial charge is 0.486 e. The Morgan fingerprint density at radius 2 is 1.94 bits per heavy atom. The summed E-state index contributed by atoms with van der Waals surface area (Å²) in [7, 11) is 0. The molecule has 1 aromatic carbocycles. The van der Waals surface area contributed by atoms with Gasteiger partial charge in [-0.2, -0.15) is 5.10 Å². The molecule has 0 spiro atoms. The van der Waals surface area contributed by atoms with Gasteiger partial charge in [0, 0.05) is 12.7 Å². The molecule has 5 rings (SSSR count). The van der Waals surface area contributed by atoms with Gasteiger partial charge in [-0.3, -0.25) is 4.68 Å². The quantitative estimate of drug-likeness (QED) is 0.482. The Kier molecular flexibility index (Phi) is 4.97. The monoisotopic (exact) mass is 418 g/mol. The van der Waals surface area contributed by atoms with E-state index in [4.69, 9.17) is 9.47 Å². The number of H-pyrrole nitrogens is 1. The number of hydrogen-bond acceptors (Lipinski definition) is 6. The maximum Gasteiger partial charge on any atom is 0.161 e. The van der Waals surface area contributed by atoms with Crippen molar-refractivity contribution in [2.45, 2.75) is 33.4 Å². The molecule has 4 aromatic rings. The number of hydrogen-bond donors (Lipinski definition) is 2. The number of fused-ring (bicyclic) bond motifs is 2. The minimum atomic E-state index is 0.0478. The average Bonchev–Trinajstić information content (AvgIpc) is 3.44. The molecule has 0 bridgehead atoms. The first kappa shape index (κ1) is 19.4. The third-order valence-electron chi connectivity index (χ3n) is 5.55. The molecule has 0 radical (unpaired) electrons. The van der Waals surface area contributed by atoms with Gasteiger partial charge in [-0.05, 0) is 42.7 Å². The van der Waals surface area contributed by atoms with Crippen LogP contribution in [0.4, 0.5) is 5.82 Å². The van der Waals surface area contributed by atoms with Crippen molar-refractivity contribution < 1.29 is 9.47 Å². The molecule has 1 aliphatic heterocycles. The van der Waals surface area contributed by atoms with Crippen molar-refractivity contribution in [2.24, 2.45) is 5.92 Å². The third-order valence-corrected chi connectivity index (χ3v) is 5.55. The molecular formula is C23H26N6O2. The van der Waals surface area contributed by atoms with E-state index in [1.54, 1.807) is 6.33 Å². The fourth-order valence-electron chi connectivity index (χ4n) is 3.91. The molecule has 0 fully saturated rings. The van der Waals surface area contributed by atoms with Crippen LogP contribution in [-0.4, -0.2) is 37.9 Å². The van der Waals surface area contributed by atoms with E-state index in [1.807, 2.05) is 23.0 Å². The second-order valence-corrected chi connectivity index (χ2v) is 7.99. The lowest BCUT2D eigenvalue weighted by atomic mass is 9.95. The average molecular weight is 419 g/mol. The number of ether oxygens (including phenoxy) is 2. The zero-order valence-electron chi connectivity index (χ0n) is 17.9. The summed E-state index contributed by atoms with van der Waals surface area (Å²) in [5, 5.41) is 9.16. The van der Waals surface area contributed by atoms with E-state index in [2.05, 4.69) is 64.3 Å². The van der Waals surface area contributed by atoms with Gasteiger partial charge in [0.15, 0.2) is 11.5 Å². The molecule has 0 aliphatic carbocycles. The summed E-state index contributed by atoms with van der Waals surface area (Å²) in [5.74, 6) is 2.70. The number of nitrogens with zero attached hydrogens (tertiary/aromatic N) is 4. The zero-order valence-corrected chi connectivity index (χ0v) is 17.9. The predicted molar refractivity (Wildman–Crippen MR) is 119 cm³/mol. The molecule has 160 valence electrons. The van der Waals surface area contributed by atoms with Gasteiger partial charge >= 0.3 is 0 Å². The second kappa shape index (κ2) is 7.94. The Morgan fingerprint density at radius 3 is 2.71 bits per heavy atom. The molecule has 0 saturated heterocycles. The number of rotatable bonds is 6. The second-order valence-electron chi connectivity index (χ2n) is 7.99. The summed E-state index contributed by atoms with van der Waals surface area (Å²) in [6.45, 7) is 8.43. The molecule has 2 N–H and O–H groups in total. The first-order valence-electron chi connectivity index (χ1n) is 10.7. The van der Waals surface area contributed by atoms with Crippen molar-refractivity contribution >= 4 is 16.9 Å². The van der Waals surface area contributed by atoms with Crippen molar-refractivity contribution in [1.29, 1.82) is 0 Å². The molecule has 1 aliphatic rings. The number of aromatic amines is 1. The molecular weight excluding hydrogens is 392 g/mol. The summed E-state index contributed by atoms with van der Waals surface area (Å²) in [4.78, 5) is 12.3. The molecule has 1 atom stereocenters. The zero-order chi connectivity index (χ0) is 21.4. The molecule has 0 saturated carbocycles. The maximum absolute atomic E-state index is 5.79. The van der Waals surface area contributed by atoms with Crippen molar-refractivity contribution in [2.75, 3.05) is 18.5 Å². The van der Waals surface area contributed by atoms with E-state index in [-0.39, 0.29) is 6.04 Å². The number of aromatic nitrogens is 5. The van der Waals surface area contributed by atoms with Crippen molar-refractivity contribution in [3.05, 3.63) is 48.4 Å². The molecule has 8 heteroatoms. The lowest BCUT2D eigenvalue weighted by Gasteiger charge is -2.26. The smallest absolute Gasteiger partial charge is 0.161 e. The summed E-state index contributed by atoms with van der Waals surface area (Å²) in [6.07, 6.45) is 3.55. The van der Waals surface area contributed by atoms with Crippen LogP contribution in [0.25, 0.3) is 22.4 Å². The van der Waals surface area contributed by atoms with Crippen LogP contribution in [0.5, 0.6) is 11.5 Å². The van der Waals surface area contributed by atoms with E-state index < -0.39 is 0 Å². The fourth-order valence-corrected chi connectivity index (χ4v) is 3.91. The lowest BCUT2D eigenvalue weighted by molar-refractivity contribution is 0.171. The van der Waals surface area contributed by atoms with Crippen LogP contribution in [0, 0.1) is 5.92 Å². The van der Waals surface area contributed by atoms with E-state index in [9.17, 15) is 0 Å². The number of nitrogens with one attached hydrogen (secondary N) is 2. The van der Waals surface area contributed by atoms with Crippen LogP contribution < -0.4 is 14.8 Å². The topological polar surface area (TPSA) is 89.9 Å². The van der Waals surface area contributed by atoms with Gasteiger partial charge < -0.3 is 19.8 Å². The SMILES string of the molecule is CCn1ccc(-c2cc3c(N[C@@H](c4ccc5c(c4)OCCO5)C(C)C)ncnc3[nH]2)n1. The normalized spacial score (nSPS) is 14.2. The fraction of sp³-hybridized carbons (Fsp3) is 0.348. The Balaban J connectivity index is 1.49. The molecule has 3 aromatic heterocycles. The number of aryl methyl sites for hydroxylation is 1. The van der Waals surface area contributed by atoms with Gasteiger partial charge in [0.1, 0.15) is 36.7 Å². The number of anilines is 1. The molecule has 8 nitrogen and oxygen atoms in total. The van der Waals surface area contributed by atoms with Crippen molar-refractivity contribution in [3.8, 4) is 22.9 Å². The molecule has 0 unspecified atom stereocenters. The Labute approximate surface area is 180 Å². The van der Waals surface area contributed by atoms with Gasteiger partial charge in [-0.1, -0.05) is 19.9 Å². The van der Waals surface area contributed by atoms with E-state index in [0.29, 0.717) is 19.1 Å². The Hall–Kier alpha value is -3.55. The van der Waals surface area contributed by atoms with E-state index in [0.717, 1.165) is 51.8 Å². The van der Waals surface area contributed by atoms with Crippen molar-refractivity contribution in [3.63, 3.8) is 0 Å². The van der Waals surface area contributed by atoms with Gasteiger partial charge in [-0.25, -0.2) is 9.97 Å². The van der Waals surface area contributed by atoms with Crippen LogP contribution in [0.2, 0.25) is 0 Å². The highest BCUT2D eigenvalue weighted by atomic mass is 16.6. The minimum Gasteiger partial charge on any atom is -0.486 e. The summed E-state index contributed by atoms with van der Waals surface area (Å²) in [5.41, 5.74) is 3.72. The summed E-state index contributed by atoms with van der Waals surface area (Å²) < 4.78 is 13.4. The Bertz CT molecular complexity index is 1210. The van der Waals surface area contributed by atoms with Gasteiger partial charge in [-0.15, -0.1) is 0 Å². The first-order chi connectivity index (χ1) is 15.1. The van der Waals surface area contributed by atoms with Crippen LogP contribution >= 0.6 is 0 Å². The first-order valence-corrected chi connectivity index (χ1v) is 10.7. The predicted octanol–water partition coefficient (Wildman–Crippen LogP) is 4.42. The standard InChI is InChI=1S/C23H26N6O2/c1-4-29-8-7-17(28-29)18-12-16-22(26-18)24-13-25-23(16)27-21(14(2)3)15-5-6-19-20(11-15)31-10-9-30-19/h5-8,11-14,21H,4,9-10H2,1-3H3,(H2,24,25,26,27)/t21-/m1/s1. The van der Waals surface area contributed by atoms with E-state index in [1.165, 1.54) is 0 Å². The summed E-state index contributed by atoms with van der Waals surface area (Å²) in [6, 6.07) is 10.2. The Morgan fingerprint density at radius 1 is 1.10 bits per heavy atom.